The number of ether oxygens (including phenoxy) is 5. The van der Waals surface area contributed by atoms with Crippen molar-refractivity contribution < 1.29 is 57.2 Å². The molecule has 0 heterocycles. The van der Waals surface area contributed by atoms with Gasteiger partial charge in [-0.25, -0.2) is 0 Å². The first-order valence-corrected chi connectivity index (χ1v) is 17.8. The molecule has 0 aromatic rings. The van der Waals surface area contributed by atoms with Crippen LogP contribution in [0, 0.1) is 17.8 Å². The number of carbonyl (C=O) groups is 7. The van der Waals surface area contributed by atoms with Gasteiger partial charge in [0.2, 0.25) is 12.0 Å². The van der Waals surface area contributed by atoms with Crippen molar-refractivity contribution in [3.8, 4) is 0 Å². The summed E-state index contributed by atoms with van der Waals surface area (Å²) in [5.41, 5.74) is 0. The minimum atomic E-state index is -1.89. The monoisotopic (exact) mass is 714 g/mol. The van der Waals surface area contributed by atoms with Gasteiger partial charge in [-0.2, -0.15) is 0 Å². The van der Waals surface area contributed by atoms with E-state index in [0.717, 1.165) is 59.8 Å². The highest BCUT2D eigenvalue weighted by atomic mass is 16.6. The van der Waals surface area contributed by atoms with Crippen LogP contribution in [0.3, 0.4) is 0 Å². The largest absolute Gasteiger partial charge is 0.462 e. The molecule has 0 saturated heterocycles. The Labute approximate surface area is 297 Å². The molecule has 0 aromatic heterocycles. The molecular weight excluding hydrogens is 652 g/mol. The first kappa shape index (κ1) is 46.3. The van der Waals surface area contributed by atoms with E-state index in [0.29, 0.717) is 18.3 Å². The van der Waals surface area contributed by atoms with Crippen molar-refractivity contribution in [2.75, 3.05) is 19.7 Å². The summed E-state index contributed by atoms with van der Waals surface area (Å²) >= 11 is 0. The molecule has 0 aliphatic rings. The van der Waals surface area contributed by atoms with Crippen molar-refractivity contribution in [1.29, 1.82) is 0 Å². The molecule has 0 bridgehead atoms. The summed E-state index contributed by atoms with van der Waals surface area (Å²) in [6.45, 7) is 13.5. The molecule has 2 unspecified atom stereocenters. The van der Waals surface area contributed by atoms with E-state index < -0.39 is 66.8 Å². The van der Waals surface area contributed by atoms with Crippen LogP contribution in [0.15, 0.2) is 0 Å². The van der Waals surface area contributed by atoms with E-state index in [9.17, 15) is 33.6 Å². The van der Waals surface area contributed by atoms with Gasteiger partial charge in [0, 0.05) is 54.1 Å². The molecule has 7 atom stereocenters. The van der Waals surface area contributed by atoms with Crippen LogP contribution in [0.5, 0.6) is 0 Å². The molecule has 0 rings (SSSR count). The van der Waals surface area contributed by atoms with Crippen molar-refractivity contribution in [2.45, 2.75) is 151 Å². The standard InChI is InChI=1S/C36H62N2O12/c1-10-23(2)14-11-12-15-24(3)16-13-17-25(4)18-19-32(44)37-20-21-38-36(45)35(50-30(9)43)34(49-29(8)42)33(48-28(7)41)31(47-27(6)40)22-46-26(5)39/h23-25,31,33-35H,10-22H2,1-9H3,(H,37,44)(H,38,45)/t23?,24?,25-,31+,33+,34-,35+/m0/s1. The number of hydrogen-bond donors (Lipinski definition) is 2. The minimum absolute atomic E-state index is 0.0500. The molecule has 2 N–H and O–H groups in total. The maximum absolute atomic E-state index is 13.3. The minimum Gasteiger partial charge on any atom is -0.462 e. The summed E-state index contributed by atoms with van der Waals surface area (Å²) < 4.78 is 25.9. The Morgan fingerprint density at radius 1 is 0.540 bits per heavy atom. The quantitative estimate of drug-likeness (QED) is 0.0734. The fourth-order valence-electron chi connectivity index (χ4n) is 5.34. The third-order valence-electron chi connectivity index (χ3n) is 8.26. The van der Waals surface area contributed by atoms with Crippen LogP contribution < -0.4 is 10.6 Å². The van der Waals surface area contributed by atoms with Crippen molar-refractivity contribution >= 4 is 41.7 Å². The number of carbonyl (C=O) groups excluding carboxylic acids is 7. The van der Waals surface area contributed by atoms with E-state index in [-0.39, 0.29) is 19.0 Å². The van der Waals surface area contributed by atoms with Crippen molar-refractivity contribution in [2.24, 2.45) is 17.8 Å². The molecule has 14 nitrogen and oxygen atoms in total. The van der Waals surface area contributed by atoms with Crippen LogP contribution in [-0.2, 0) is 57.2 Å². The van der Waals surface area contributed by atoms with Crippen molar-refractivity contribution in [3.63, 3.8) is 0 Å². The lowest BCUT2D eigenvalue weighted by atomic mass is 9.92. The number of esters is 5. The van der Waals surface area contributed by atoms with Gasteiger partial charge in [0.05, 0.1) is 0 Å². The van der Waals surface area contributed by atoms with E-state index >= 15 is 0 Å². The average molecular weight is 715 g/mol. The zero-order valence-electron chi connectivity index (χ0n) is 31.6. The van der Waals surface area contributed by atoms with Crippen molar-refractivity contribution in [3.05, 3.63) is 0 Å². The van der Waals surface area contributed by atoms with Gasteiger partial charge in [0.1, 0.15) is 6.61 Å². The van der Waals surface area contributed by atoms with Gasteiger partial charge in [-0.3, -0.25) is 33.6 Å². The molecule has 288 valence electrons. The lowest BCUT2D eigenvalue weighted by Gasteiger charge is -2.34. The lowest BCUT2D eigenvalue weighted by molar-refractivity contribution is -0.203. The van der Waals surface area contributed by atoms with Gasteiger partial charge in [-0.1, -0.05) is 79.1 Å². The highest BCUT2D eigenvalue weighted by molar-refractivity contribution is 5.85. The van der Waals surface area contributed by atoms with Gasteiger partial charge in [0.15, 0.2) is 18.3 Å². The first-order valence-electron chi connectivity index (χ1n) is 17.8. The topological polar surface area (TPSA) is 190 Å². The first-order chi connectivity index (χ1) is 23.5. The second kappa shape index (κ2) is 26.1. The van der Waals surface area contributed by atoms with Gasteiger partial charge in [-0.15, -0.1) is 0 Å². The molecule has 0 radical (unpaired) electrons. The Balaban J connectivity index is 5.19. The van der Waals surface area contributed by atoms with E-state index in [2.05, 4.69) is 38.3 Å². The molecule has 0 fully saturated rings. The van der Waals surface area contributed by atoms with Crippen LogP contribution in [0.25, 0.3) is 0 Å². The number of amides is 2. The summed E-state index contributed by atoms with van der Waals surface area (Å²) in [6.07, 6.45) is 3.80. The van der Waals surface area contributed by atoms with Gasteiger partial charge < -0.3 is 34.3 Å². The zero-order chi connectivity index (χ0) is 38.2. The second-order valence-electron chi connectivity index (χ2n) is 13.2. The Bertz CT molecular complexity index is 1080. The predicted molar refractivity (Wildman–Crippen MR) is 184 cm³/mol. The van der Waals surface area contributed by atoms with Crippen LogP contribution >= 0.6 is 0 Å². The molecule has 14 heteroatoms. The summed E-state index contributed by atoms with van der Waals surface area (Å²) in [6, 6.07) is 0. The van der Waals surface area contributed by atoms with Crippen LogP contribution in [0.4, 0.5) is 0 Å². The number of nitrogens with one attached hydrogen (secondary N) is 2. The van der Waals surface area contributed by atoms with Crippen LogP contribution in [-0.4, -0.2) is 85.8 Å². The smallest absolute Gasteiger partial charge is 0.303 e. The lowest BCUT2D eigenvalue weighted by Crippen LogP contribution is -2.57. The summed E-state index contributed by atoms with van der Waals surface area (Å²) in [5, 5.41) is 5.25. The van der Waals surface area contributed by atoms with E-state index in [4.69, 9.17) is 23.7 Å². The Hall–Kier alpha value is -3.71. The SMILES string of the molecule is CCC(C)CCCCC(C)CCC[C@H](C)CCC(=O)NCCNC(=O)[C@H](OC(C)=O)[C@@H](OC(C)=O)[C@H](OC(C)=O)[C@@H](COC(C)=O)OC(C)=O. The van der Waals surface area contributed by atoms with Gasteiger partial charge in [-0.05, 0) is 24.2 Å². The Morgan fingerprint density at radius 2 is 1.02 bits per heavy atom. The molecule has 0 aliphatic carbocycles. The molecule has 2 amide bonds. The molecule has 0 aliphatic heterocycles. The van der Waals surface area contributed by atoms with Gasteiger partial charge >= 0.3 is 29.8 Å². The molecule has 0 spiro atoms. The van der Waals surface area contributed by atoms with Crippen LogP contribution in [0.2, 0.25) is 0 Å². The highest BCUT2D eigenvalue weighted by Crippen LogP contribution is 2.22. The number of rotatable bonds is 26. The maximum atomic E-state index is 13.3. The maximum Gasteiger partial charge on any atom is 0.303 e. The van der Waals surface area contributed by atoms with E-state index in [1.807, 2.05) is 0 Å². The highest BCUT2D eigenvalue weighted by Gasteiger charge is 2.46. The summed E-state index contributed by atoms with van der Waals surface area (Å²) in [5.74, 6) is -3.69. The second-order valence-corrected chi connectivity index (χ2v) is 13.2. The van der Waals surface area contributed by atoms with Gasteiger partial charge in [0.25, 0.3) is 5.91 Å². The van der Waals surface area contributed by atoms with Crippen LogP contribution in [0.1, 0.15) is 127 Å². The molecular formula is C36H62N2O12. The predicted octanol–water partition coefficient (Wildman–Crippen LogP) is 4.34. The van der Waals surface area contributed by atoms with Crippen molar-refractivity contribution in [1.82, 2.24) is 10.6 Å². The number of hydrogen-bond acceptors (Lipinski definition) is 12. The Kier molecular flexibility index (Phi) is 24.2. The fraction of sp³-hybridized carbons (Fsp3) is 0.806. The third kappa shape index (κ3) is 22.8. The third-order valence-corrected chi connectivity index (χ3v) is 8.26. The van der Waals surface area contributed by atoms with E-state index in [1.165, 1.54) is 38.5 Å². The molecule has 0 saturated carbocycles. The summed E-state index contributed by atoms with van der Waals surface area (Å²) in [7, 11) is 0. The Morgan fingerprint density at radius 3 is 1.54 bits per heavy atom. The zero-order valence-corrected chi connectivity index (χ0v) is 31.6. The normalized spacial score (nSPS) is 15.1. The fourth-order valence-corrected chi connectivity index (χ4v) is 5.34. The molecule has 0 aromatic carbocycles. The average Bonchev–Trinajstić information content (AvgIpc) is 3.02. The van der Waals surface area contributed by atoms with E-state index in [1.54, 1.807) is 0 Å². The molecule has 50 heavy (non-hydrogen) atoms. The number of unbranched alkanes of at least 4 members (excludes halogenated alkanes) is 1. The summed E-state index contributed by atoms with van der Waals surface area (Å²) in [4.78, 5) is 85.3.